The second kappa shape index (κ2) is 14.6. The Morgan fingerprint density at radius 3 is 2.13 bits per heavy atom. The van der Waals surface area contributed by atoms with Gasteiger partial charge in [0.15, 0.2) is 0 Å². The van der Waals surface area contributed by atoms with Crippen LogP contribution in [0.3, 0.4) is 0 Å². The first-order chi connectivity index (χ1) is 14.7. The average Bonchev–Trinajstić information content (AvgIpc) is 3.31. The minimum Gasteiger partial charge on any atom is -0.494 e. The highest BCUT2D eigenvalue weighted by atomic mass is 32.1. The number of esters is 1. The molecule has 2 rings (SSSR count). The molecule has 0 fully saturated rings. The topological polar surface area (TPSA) is 35.5 Å². The lowest BCUT2D eigenvalue weighted by Gasteiger charge is -2.09. The summed E-state index contributed by atoms with van der Waals surface area (Å²) in [6, 6.07) is 12.6. The molecule has 1 heterocycles. The van der Waals surface area contributed by atoms with Crippen LogP contribution in [0.1, 0.15) is 57.8 Å². The monoisotopic (exact) mass is 426 g/mol. The largest absolute Gasteiger partial charge is 0.494 e. The molecule has 0 N–H and O–H groups in total. The predicted molar refractivity (Wildman–Crippen MR) is 127 cm³/mol. The minimum atomic E-state index is -0.368. The van der Waals surface area contributed by atoms with E-state index in [1.165, 1.54) is 42.5 Å². The molecule has 0 radical (unpaired) electrons. The van der Waals surface area contributed by atoms with E-state index in [2.05, 4.69) is 54.9 Å². The number of hydrogen-bond acceptors (Lipinski definition) is 4. The molecule has 0 spiro atoms. The fraction of sp³-hybridized carbons (Fsp3) is 0.423. The standard InChI is InChI=1S/C26H34O3S/c1-3-23(4-2)29-26(27)15-11-9-7-5-6-8-10-12-20-28-24-18-16-22(17-19-24)25-14-13-21-30-25/h3-4,13-14,16-19,21,23H,1-2,5-12,15,20H2. The van der Waals surface area contributed by atoms with Crippen molar-refractivity contribution < 1.29 is 14.3 Å². The molecule has 30 heavy (non-hydrogen) atoms. The number of ether oxygens (including phenoxy) is 2. The van der Waals surface area contributed by atoms with Gasteiger partial charge >= 0.3 is 5.97 Å². The third kappa shape index (κ3) is 9.45. The maximum Gasteiger partial charge on any atom is 0.306 e. The third-order valence-electron chi connectivity index (χ3n) is 4.94. The number of thiophene rings is 1. The number of carbonyl (C=O) groups is 1. The molecule has 0 amide bonds. The number of unbranched alkanes of at least 4 members (excludes halogenated alkanes) is 7. The van der Waals surface area contributed by atoms with Crippen LogP contribution in [0.2, 0.25) is 0 Å². The maximum atomic E-state index is 11.7. The molecule has 0 saturated heterocycles. The van der Waals surface area contributed by atoms with Crippen LogP contribution in [0.25, 0.3) is 10.4 Å². The van der Waals surface area contributed by atoms with Gasteiger partial charge in [-0.25, -0.2) is 0 Å². The van der Waals surface area contributed by atoms with Crippen LogP contribution in [-0.2, 0) is 9.53 Å². The quantitative estimate of drug-likeness (QED) is 0.158. The zero-order valence-corrected chi connectivity index (χ0v) is 18.7. The van der Waals surface area contributed by atoms with Gasteiger partial charge in [-0.15, -0.1) is 11.3 Å². The van der Waals surface area contributed by atoms with E-state index in [1.54, 1.807) is 23.5 Å². The summed E-state index contributed by atoms with van der Waals surface area (Å²) in [5.74, 6) is 0.780. The van der Waals surface area contributed by atoms with Gasteiger partial charge in [-0.05, 0) is 66.3 Å². The second-order valence-corrected chi connectivity index (χ2v) is 8.30. The molecule has 1 aromatic carbocycles. The molecule has 4 heteroatoms. The maximum absolute atomic E-state index is 11.7. The van der Waals surface area contributed by atoms with E-state index < -0.39 is 0 Å². The van der Waals surface area contributed by atoms with Crippen molar-refractivity contribution in [2.24, 2.45) is 0 Å². The summed E-state index contributed by atoms with van der Waals surface area (Å²) < 4.78 is 11.1. The Morgan fingerprint density at radius 1 is 0.900 bits per heavy atom. The molecule has 0 atom stereocenters. The van der Waals surface area contributed by atoms with Crippen molar-refractivity contribution in [2.75, 3.05) is 6.61 Å². The molecule has 0 aliphatic heterocycles. The minimum absolute atomic E-state index is 0.166. The fourth-order valence-corrected chi connectivity index (χ4v) is 3.92. The van der Waals surface area contributed by atoms with Crippen molar-refractivity contribution in [3.8, 4) is 16.2 Å². The van der Waals surface area contributed by atoms with Gasteiger partial charge in [0.05, 0.1) is 6.61 Å². The molecule has 3 nitrogen and oxygen atoms in total. The van der Waals surface area contributed by atoms with Gasteiger partial charge < -0.3 is 9.47 Å². The lowest BCUT2D eigenvalue weighted by atomic mass is 10.1. The average molecular weight is 427 g/mol. The van der Waals surface area contributed by atoms with Crippen molar-refractivity contribution in [3.63, 3.8) is 0 Å². The van der Waals surface area contributed by atoms with Crippen molar-refractivity contribution in [2.45, 2.75) is 63.9 Å². The second-order valence-electron chi connectivity index (χ2n) is 7.35. The Kier molecular flexibility index (Phi) is 11.7. The van der Waals surface area contributed by atoms with Crippen LogP contribution in [0.4, 0.5) is 0 Å². The van der Waals surface area contributed by atoms with Crippen LogP contribution in [-0.4, -0.2) is 18.7 Å². The van der Waals surface area contributed by atoms with Crippen LogP contribution in [0.5, 0.6) is 5.75 Å². The van der Waals surface area contributed by atoms with Crippen LogP contribution in [0, 0.1) is 0 Å². The fourth-order valence-electron chi connectivity index (χ4n) is 3.18. The van der Waals surface area contributed by atoms with Crippen LogP contribution in [0.15, 0.2) is 67.1 Å². The Labute approximate surface area is 185 Å². The number of benzene rings is 1. The number of carbonyl (C=O) groups excluding carboxylic acids is 1. The smallest absolute Gasteiger partial charge is 0.306 e. The first-order valence-corrected chi connectivity index (χ1v) is 11.8. The van der Waals surface area contributed by atoms with E-state index in [9.17, 15) is 4.79 Å². The summed E-state index contributed by atoms with van der Waals surface area (Å²) in [4.78, 5) is 12.9. The van der Waals surface area contributed by atoms with E-state index in [4.69, 9.17) is 9.47 Å². The molecule has 0 bridgehead atoms. The van der Waals surface area contributed by atoms with Crippen LogP contribution >= 0.6 is 11.3 Å². The van der Waals surface area contributed by atoms with Gasteiger partial charge in [-0.3, -0.25) is 4.79 Å². The zero-order chi connectivity index (χ0) is 21.4. The molecule has 2 aromatic rings. The Hall–Kier alpha value is -2.33. The van der Waals surface area contributed by atoms with Crippen LogP contribution < -0.4 is 4.74 Å². The van der Waals surface area contributed by atoms with Gasteiger partial charge in [0, 0.05) is 11.3 Å². The van der Waals surface area contributed by atoms with Crippen molar-refractivity contribution >= 4 is 17.3 Å². The van der Waals surface area contributed by atoms with E-state index in [0.29, 0.717) is 6.42 Å². The van der Waals surface area contributed by atoms with Gasteiger partial charge in [0.25, 0.3) is 0 Å². The zero-order valence-electron chi connectivity index (χ0n) is 17.9. The van der Waals surface area contributed by atoms with Crippen molar-refractivity contribution in [1.82, 2.24) is 0 Å². The first kappa shape index (κ1) is 23.9. The van der Waals surface area contributed by atoms with Gasteiger partial charge in [-0.2, -0.15) is 0 Å². The van der Waals surface area contributed by atoms with Gasteiger partial charge in [-0.1, -0.05) is 57.7 Å². The lowest BCUT2D eigenvalue weighted by Crippen LogP contribution is -2.12. The van der Waals surface area contributed by atoms with Gasteiger partial charge in [0.1, 0.15) is 11.9 Å². The summed E-state index contributed by atoms with van der Waals surface area (Å²) in [6.45, 7) is 8.00. The normalized spacial score (nSPS) is 10.7. The molecule has 0 unspecified atom stereocenters. The van der Waals surface area contributed by atoms with Crippen molar-refractivity contribution in [1.29, 1.82) is 0 Å². The van der Waals surface area contributed by atoms with Gasteiger partial charge in [0.2, 0.25) is 0 Å². The summed E-state index contributed by atoms with van der Waals surface area (Å²) in [6.07, 6.45) is 12.4. The van der Waals surface area contributed by atoms with E-state index in [-0.39, 0.29) is 12.1 Å². The molecule has 0 aliphatic carbocycles. The molecule has 0 saturated carbocycles. The summed E-state index contributed by atoms with van der Waals surface area (Å²) in [7, 11) is 0. The molecule has 1 aromatic heterocycles. The molecular weight excluding hydrogens is 392 g/mol. The Bertz CT molecular complexity index is 726. The van der Waals surface area contributed by atoms with E-state index >= 15 is 0 Å². The first-order valence-electron chi connectivity index (χ1n) is 10.9. The molecular formula is C26H34O3S. The molecule has 162 valence electrons. The summed E-state index contributed by atoms with van der Waals surface area (Å²) >= 11 is 1.75. The summed E-state index contributed by atoms with van der Waals surface area (Å²) in [5.41, 5.74) is 1.24. The SMILES string of the molecule is C=CC(C=C)OC(=O)CCCCCCCCCCOc1ccc(-c2cccs2)cc1. The lowest BCUT2D eigenvalue weighted by molar-refractivity contribution is -0.145. The van der Waals surface area contributed by atoms with E-state index in [1.807, 2.05) is 0 Å². The number of rotatable bonds is 16. The predicted octanol–water partition coefficient (Wildman–Crippen LogP) is 7.59. The highest BCUT2D eigenvalue weighted by Crippen LogP contribution is 2.26. The highest BCUT2D eigenvalue weighted by Gasteiger charge is 2.07. The van der Waals surface area contributed by atoms with Crippen molar-refractivity contribution in [3.05, 3.63) is 67.1 Å². The third-order valence-corrected chi connectivity index (χ3v) is 5.86. The summed E-state index contributed by atoms with van der Waals surface area (Å²) in [5, 5.41) is 2.10. The molecule has 0 aliphatic rings. The highest BCUT2D eigenvalue weighted by molar-refractivity contribution is 7.13. The Balaban J connectivity index is 1.41. The Morgan fingerprint density at radius 2 is 1.53 bits per heavy atom. The van der Waals surface area contributed by atoms with E-state index in [0.717, 1.165) is 31.6 Å². The number of hydrogen-bond donors (Lipinski definition) is 0.